The number of aromatic amines is 1. The number of hydrogen-bond donors (Lipinski definition) is 2. The monoisotopic (exact) mass is 219 g/mol. The van der Waals surface area contributed by atoms with E-state index in [-0.39, 0.29) is 0 Å². The molecule has 0 unspecified atom stereocenters. The fourth-order valence-electron chi connectivity index (χ4n) is 1.24. The number of thiol groups is 1. The summed E-state index contributed by atoms with van der Waals surface area (Å²) in [5.41, 5.74) is 1.78. The van der Waals surface area contributed by atoms with E-state index < -0.39 is 0 Å². The Morgan fingerprint density at radius 3 is 2.73 bits per heavy atom. The number of carbonyl (C=O) groups is 1. The van der Waals surface area contributed by atoms with Crippen molar-refractivity contribution in [1.82, 2.24) is 9.97 Å². The Morgan fingerprint density at radius 2 is 2.07 bits per heavy atom. The second kappa shape index (κ2) is 4.18. The standard InChI is InChI=1S/C10H9N3OS/c14-7-13(15)10-11-6-9(12-10)8-4-2-1-3-5-8/h1-7,15H,(H,11,12). The molecule has 0 spiro atoms. The third-order valence-corrected chi connectivity index (χ3v) is 2.23. The van der Waals surface area contributed by atoms with Crippen LogP contribution in [-0.4, -0.2) is 16.4 Å². The van der Waals surface area contributed by atoms with Gasteiger partial charge in [0, 0.05) is 11.8 Å². The fourth-order valence-corrected chi connectivity index (χ4v) is 1.34. The van der Waals surface area contributed by atoms with Crippen LogP contribution in [-0.2, 0) is 4.79 Å². The molecule has 2 aromatic rings. The van der Waals surface area contributed by atoms with Gasteiger partial charge < -0.3 is 4.98 Å². The predicted molar refractivity (Wildman–Crippen MR) is 61.6 cm³/mol. The molecular formula is C10H9N3OS. The molecule has 0 bridgehead atoms. The maximum Gasteiger partial charge on any atom is 0.226 e. The SMILES string of the molecule is O=CN(S)c1nc(-c2ccccc2)c[nH]1. The zero-order chi connectivity index (χ0) is 10.7. The molecule has 2 rings (SSSR count). The average molecular weight is 219 g/mol. The molecule has 1 N–H and O–H groups in total. The highest BCUT2D eigenvalue weighted by atomic mass is 32.1. The van der Waals surface area contributed by atoms with Crippen molar-refractivity contribution >= 4 is 25.2 Å². The molecule has 0 aliphatic heterocycles. The van der Waals surface area contributed by atoms with Crippen molar-refractivity contribution in [3.05, 3.63) is 36.5 Å². The average Bonchev–Trinajstić information content (AvgIpc) is 2.78. The number of imidazole rings is 1. The number of carbonyl (C=O) groups excluding carboxylic acids is 1. The number of nitrogens with zero attached hydrogens (tertiary/aromatic N) is 2. The maximum absolute atomic E-state index is 10.4. The van der Waals surface area contributed by atoms with Gasteiger partial charge in [0.05, 0.1) is 5.69 Å². The summed E-state index contributed by atoms with van der Waals surface area (Å²) in [6.07, 6.45) is 2.31. The summed E-state index contributed by atoms with van der Waals surface area (Å²) in [5, 5.41) is 0. The topological polar surface area (TPSA) is 49.0 Å². The van der Waals surface area contributed by atoms with Crippen molar-refractivity contribution in [3.8, 4) is 11.3 Å². The second-order valence-electron chi connectivity index (χ2n) is 2.93. The van der Waals surface area contributed by atoms with Gasteiger partial charge in [-0.25, -0.2) is 9.29 Å². The number of hydrogen-bond acceptors (Lipinski definition) is 3. The van der Waals surface area contributed by atoms with E-state index in [2.05, 4.69) is 22.8 Å². The lowest BCUT2D eigenvalue weighted by atomic mass is 10.2. The first-order valence-electron chi connectivity index (χ1n) is 4.35. The third kappa shape index (κ3) is 2.02. The van der Waals surface area contributed by atoms with Crippen LogP contribution in [0.3, 0.4) is 0 Å². The highest BCUT2D eigenvalue weighted by molar-refractivity contribution is 7.82. The molecule has 4 nitrogen and oxygen atoms in total. The van der Waals surface area contributed by atoms with Crippen LogP contribution in [0.15, 0.2) is 36.5 Å². The third-order valence-electron chi connectivity index (χ3n) is 1.95. The number of nitrogens with one attached hydrogen (secondary N) is 1. The summed E-state index contributed by atoms with van der Waals surface area (Å²) in [7, 11) is 0. The first kappa shape index (κ1) is 9.79. The molecule has 1 heterocycles. The van der Waals surface area contributed by atoms with E-state index in [0.717, 1.165) is 15.6 Å². The lowest BCUT2D eigenvalue weighted by Crippen LogP contribution is -2.07. The minimum absolute atomic E-state index is 0.409. The van der Waals surface area contributed by atoms with Crippen molar-refractivity contribution in [3.63, 3.8) is 0 Å². The molecule has 76 valence electrons. The number of benzene rings is 1. The van der Waals surface area contributed by atoms with Crippen LogP contribution < -0.4 is 4.31 Å². The number of aromatic nitrogens is 2. The van der Waals surface area contributed by atoms with Crippen LogP contribution in [0.25, 0.3) is 11.3 Å². The highest BCUT2D eigenvalue weighted by Crippen LogP contribution is 2.19. The maximum atomic E-state index is 10.4. The number of anilines is 1. The largest absolute Gasteiger partial charge is 0.329 e. The van der Waals surface area contributed by atoms with Gasteiger partial charge in [-0.05, 0) is 0 Å². The molecule has 0 saturated heterocycles. The normalized spacial score (nSPS) is 9.93. The van der Waals surface area contributed by atoms with E-state index in [1.807, 2.05) is 30.3 Å². The highest BCUT2D eigenvalue weighted by Gasteiger charge is 2.06. The summed E-state index contributed by atoms with van der Waals surface area (Å²) in [4.78, 5) is 17.5. The van der Waals surface area contributed by atoms with Crippen molar-refractivity contribution < 1.29 is 4.79 Å². The zero-order valence-electron chi connectivity index (χ0n) is 7.79. The summed E-state index contributed by atoms with van der Waals surface area (Å²) >= 11 is 3.92. The van der Waals surface area contributed by atoms with E-state index in [1.165, 1.54) is 0 Å². The molecule has 0 aliphatic carbocycles. The van der Waals surface area contributed by atoms with Crippen LogP contribution in [0.1, 0.15) is 0 Å². The van der Waals surface area contributed by atoms with Crippen LogP contribution >= 0.6 is 12.8 Å². The van der Waals surface area contributed by atoms with Crippen LogP contribution in [0.2, 0.25) is 0 Å². The van der Waals surface area contributed by atoms with Crippen molar-refractivity contribution in [2.24, 2.45) is 0 Å². The Hall–Kier alpha value is -1.75. The minimum atomic E-state index is 0.409. The van der Waals surface area contributed by atoms with Gasteiger partial charge in [0.2, 0.25) is 12.4 Å². The summed E-state index contributed by atoms with van der Waals surface area (Å²) < 4.78 is 1.09. The smallest absolute Gasteiger partial charge is 0.226 e. The van der Waals surface area contributed by atoms with E-state index in [4.69, 9.17) is 0 Å². The van der Waals surface area contributed by atoms with Crippen molar-refractivity contribution in [1.29, 1.82) is 0 Å². The quantitative estimate of drug-likeness (QED) is 0.611. The molecule has 1 aromatic carbocycles. The zero-order valence-corrected chi connectivity index (χ0v) is 8.69. The Bertz CT molecular complexity index is 455. The Balaban J connectivity index is 2.32. The molecule has 5 heteroatoms. The number of amides is 1. The van der Waals surface area contributed by atoms with Gasteiger partial charge in [0.25, 0.3) is 0 Å². The predicted octanol–water partition coefficient (Wildman–Crippen LogP) is 1.88. The first-order chi connectivity index (χ1) is 7.31. The van der Waals surface area contributed by atoms with Crippen molar-refractivity contribution in [2.75, 3.05) is 4.31 Å². The first-order valence-corrected chi connectivity index (χ1v) is 4.75. The van der Waals surface area contributed by atoms with E-state index in [9.17, 15) is 4.79 Å². The molecule has 0 radical (unpaired) electrons. The molecule has 0 saturated carbocycles. The van der Waals surface area contributed by atoms with Gasteiger partial charge >= 0.3 is 0 Å². The lowest BCUT2D eigenvalue weighted by molar-refractivity contribution is -0.106. The van der Waals surface area contributed by atoms with Crippen molar-refractivity contribution in [2.45, 2.75) is 0 Å². The Kier molecular flexibility index (Phi) is 2.73. The van der Waals surface area contributed by atoms with Gasteiger partial charge in [0.1, 0.15) is 0 Å². The minimum Gasteiger partial charge on any atom is -0.329 e. The van der Waals surface area contributed by atoms with Gasteiger partial charge in [0.15, 0.2) is 0 Å². The lowest BCUT2D eigenvalue weighted by Gasteiger charge is -2.02. The van der Waals surface area contributed by atoms with Crippen LogP contribution in [0.5, 0.6) is 0 Å². The Morgan fingerprint density at radius 1 is 1.33 bits per heavy atom. The molecule has 0 aliphatic rings. The van der Waals surface area contributed by atoms with Gasteiger partial charge in [-0.15, -0.1) is 0 Å². The van der Waals surface area contributed by atoms with E-state index >= 15 is 0 Å². The number of rotatable bonds is 3. The van der Waals surface area contributed by atoms with Gasteiger partial charge in [-0.1, -0.05) is 43.1 Å². The molecule has 15 heavy (non-hydrogen) atoms. The number of H-pyrrole nitrogens is 1. The summed E-state index contributed by atoms with van der Waals surface area (Å²) in [6, 6.07) is 9.70. The second-order valence-corrected chi connectivity index (χ2v) is 3.36. The molecule has 1 aromatic heterocycles. The molecular weight excluding hydrogens is 210 g/mol. The molecule has 0 fully saturated rings. The molecule has 0 atom stereocenters. The van der Waals surface area contributed by atoms with E-state index in [1.54, 1.807) is 6.20 Å². The van der Waals surface area contributed by atoms with Crippen LogP contribution in [0, 0.1) is 0 Å². The Labute approximate surface area is 92.5 Å². The molecule has 1 amide bonds. The van der Waals surface area contributed by atoms with Gasteiger partial charge in [-0.3, -0.25) is 4.79 Å². The van der Waals surface area contributed by atoms with E-state index in [0.29, 0.717) is 12.4 Å². The summed E-state index contributed by atoms with van der Waals surface area (Å²) in [6.45, 7) is 0. The van der Waals surface area contributed by atoms with Crippen LogP contribution in [0.4, 0.5) is 5.95 Å². The summed E-state index contributed by atoms with van der Waals surface area (Å²) in [5.74, 6) is 0.409. The fraction of sp³-hybridized carbons (Fsp3) is 0. The van der Waals surface area contributed by atoms with Gasteiger partial charge in [-0.2, -0.15) is 0 Å².